The third kappa shape index (κ3) is 4.90. The number of ether oxygens (including phenoxy) is 1. The molecular formula is C13H22N2O4. The molecule has 1 saturated heterocycles. The van der Waals surface area contributed by atoms with Gasteiger partial charge in [-0.05, 0) is 19.3 Å². The largest absolute Gasteiger partial charge is 0.479 e. The van der Waals surface area contributed by atoms with Gasteiger partial charge in [0.1, 0.15) is 0 Å². The SMILES string of the molecule is C=CCN(CCC)C(=O)NCC1CCC(C(=O)O)O1. The fourth-order valence-corrected chi connectivity index (χ4v) is 2.05. The number of carbonyl (C=O) groups excluding carboxylic acids is 1. The van der Waals surface area contributed by atoms with Gasteiger partial charge in [-0.1, -0.05) is 13.0 Å². The molecule has 6 nitrogen and oxygen atoms in total. The van der Waals surface area contributed by atoms with Gasteiger partial charge < -0.3 is 20.1 Å². The normalized spacial score (nSPS) is 21.9. The minimum absolute atomic E-state index is 0.163. The minimum atomic E-state index is -0.937. The highest BCUT2D eigenvalue weighted by Gasteiger charge is 2.30. The Kier molecular flexibility index (Phi) is 6.35. The fraction of sp³-hybridized carbons (Fsp3) is 0.692. The summed E-state index contributed by atoms with van der Waals surface area (Å²) in [5.41, 5.74) is 0. The van der Waals surface area contributed by atoms with E-state index in [1.807, 2.05) is 6.92 Å². The summed E-state index contributed by atoms with van der Waals surface area (Å²) in [5.74, 6) is -0.937. The molecule has 0 spiro atoms. The third-order valence-corrected chi connectivity index (χ3v) is 2.99. The second-order valence-corrected chi connectivity index (χ2v) is 4.58. The lowest BCUT2D eigenvalue weighted by molar-refractivity contribution is -0.149. The number of aliphatic carboxylic acids is 1. The van der Waals surface area contributed by atoms with Crippen molar-refractivity contribution in [2.24, 2.45) is 0 Å². The Morgan fingerprint density at radius 3 is 2.79 bits per heavy atom. The molecule has 6 heteroatoms. The van der Waals surface area contributed by atoms with Crippen LogP contribution < -0.4 is 5.32 Å². The molecule has 0 saturated carbocycles. The maximum absolute atomic E-state index is 11.9. The molecule has 1 aliphatic heterocycles. The molecule has 2 atom stereocenters. The molecule has 2 N–H and O–H groups in total. The molecule has 19 heavy (non-hydrogen) atoms. The number of nitrogens with zero attached hydrogens (tertiary/aromatic N) is 1. The Morgan fingerprint density at radius 1 is 1.53 bits per heavy atom. The van der Waals surface area contributed by atoms with Crippen molar-refractivity contribution in [2.75, 3.05) is 19.6 Å². The van der Waals surface area contributed by atoms with Crippen LogP contribution in [0.3, 0.4) is 0 Å². The summed E-state index contributed by atoms with van der Waals surface area (Å²) in [6.07, 6.45) is 2.77. The van der Waals surface area contributed by atoms with Crippen LogP contribution in [0, 0.1) is 0 Å². The van der Waals surface area contributed by atoms with Crippen molar-refractivity contribution >= 4 is 12.0 Å². The first-order chi connectivity index (χ1) is 9.08. The van der Waals surface area contributed by atoms with E-state index in [-0.39, 0.29) is 12.1 Å². The lowest BCUT2D eigenvalue weighted by Gasteiger charge is -2.22. The van der Waals surface area contributed by atoms with Crippen LogP contribution in [0.1, 0.15) is 26.2 Å². The number of hydrogen-bond donors (Lipinski definition) is 2. The average Bonchev–Trinajstić information content (AvgIpc) is 2.84. The number of carbonyl (C=O) groups is 2. The van der Waals surface area contributed by atoms with E-state index >= 15 is 0 Å². The second-order valence-electron chi connectivity index (χ2n) is 4.58. The third-order valence-electron chi connectivity index (χ3n) is 2.99. The molecule has 2 amide bonds. The Labute approximate surface area is 113 Å². The standard InChI is InChI=1S/C13H22N2O4/c1-3-7-15(8-4-2)13(18)14-9-10-5-6-11(19-10)12(16)17/h3,10-11H,1,4-9H2,2H3,(H,14,18)(H,16,17). The van der Waals surface area contributed by atoms with Gasteiger partial charge in [0.25, 0.3) is 0 Å². The van der Waals surface area contributed by atoms with Gasteiger partial charge >= 0.3 is 12.0 Å². The lowest BCUT2D eigenvalue weighted by atomic mass is 10.2. The summed E-state index contributed by atoms with van der Waals surface area (Å²) in [7, 11) is 0. The summed E-state index contributed by atoms with van der Waals surface area (Å²) in [6.45, 7) is 7.14. The van der Waals surface area contributed by atoms with Crippen LogP contribution in [-0.4, -0.2) is 53.8 Å². The van der Waals surface area contributed by atoms with E-state index in [1.165, 1.54) is 0 Å². The summed E-state index contributed by atoms with van der Waals surface area (Å²) in [6, 6.07) is -0.163. The van der Waals surface area contributed by atoms with Crippen LogP contribution in [-0.2, 0) is 9.53 Å². The number of carboxylic acid groups (broad SMARTS) is 1. The Hall–Kier alpha value is -1.56. The summed E-state index contributed by atoms with van der Waals surface area (Å²) in [5, 5.41) is 11.6. The molecule has 0 aromatic rings. The van der Waals surface area contributed by atoms with Crippen molar-refractivity contribution in [3.8, 4) is 0 Å². The van der Waals surface area contributed by atoms with Crippen LogP contribution in [0.15, 0.2) is 12.7 Å². The van der Waals surface area contributed by atoms with E-state index in [1.54, 1.807) is 11.0 Å². The van der Waals surface area contributed by atoms with Gasteiger partial charge in [0.05, 0.1) is 6.10 Å². The van der Waals surface area contributed by atoms with Crippen molar-refractivity contribution < 1.29 is 19.4 Å². The average molecular weight is 270 g/mol. The molecule has 0 radical (unpaired) electrons. The topological polar surface area (TPSA) is 78.9 Å². The number of hydrogen-bond acceptors (Lipinski definition) is 3. The maximum atomic E-state index is 11.9. The van der Waals surface area contributed by atoms with E-state index in [0.29, 0.717) is 32.5 Å². The highest BCUT2D eigenvalue weighted by atomic mass is 16.5. The lowest BCUT2D eigenvalue weighted by Crippen LogP contribution is -2.43. The molecule has 1 aliphatic rings. The Morgan fingerprint density at radius 2 is 2.26 bits per heavy atom. The van der Waals surface area contributed by atoms with Crippen molar-refractivity contribution in [1.82, 2.24) is 10.2 Å². The van der Waals surface area contributed by atoms with Gasteiger partial charge in [0.2, 0.25) is 0 Å². The van der Waals surface area contributed by atoms with Crippen LogP contribution in [0.25, 0.3) is 0 Å². The Bertz CT molecular complexity index is 333. The quantitative estimate of drug-likeness (QED) is 0.682. The van der Waals surface area contributed by atoms with Gasteiger partial charge in [-0.3, -0.25) is 0 Å². The molecule has 0 aromatic carbocycles. The predicted molar refractivity (Wildman–Crippen MR) is 71.0 cm³/mol. The van der Waals surface area contributed by atoms with E-state index < -0.39 is 12.1 Å². The molecule has 1 fully saturated rings. The van der Waals surface area contributed by atoms with E-state index in [0.717, 1.165) is 6.42 Å². The van der Waals surface area contributed by atoms with Gasteiger partial charge in [-0.15, -0.1) is 6.58 Å². The number of amides is 2. The highest BCUT2D eigenvalue weighted by Crippen LogP contribution is 2.19. The molecule has 0 bridgehead atoms. The van der Waals surface area contributed by atoms with Gasteiger partial charge in [-0.25, -0.2) is 9.59 Å². The van der Waals surface area contributed by atoms with Crippen molar-refractivity contribution in [3.05, 3.63) is 12.7 Å². The van der Waals surface area contributed by atoms with Crippen molar-refractivity contribution in [2.45, 2.75) is 38.4 Å². The minimum Gasteiger partial charge on any atom is -0.479 e. The molecule has 0 aliphatic carbocycles. The highest BCUT2D eigenvalue weighted by molar-refractivity contribution is 5.74. The second kappa shape index (κ2) is 7.78. The zero-order chi connectivity index (χ0) is 14.3. The summed E-state index contributed by atoms with van der Waals surface area (Å²) < 4.78 is 5.32. The van der Waals surface area contributed by atoms with Crippen LogP contribution in [0.2, 0.25) is 0 Å². The predicted octanol–water partition coefficient (Wildman–Crippen LogP) is 1.23. The Balaban J connectivity index is 2.33. The van der Waals surface area contributed by atoms with E-state index in [9.17, 15) is 9.59 Å². The van der Waals surface area contributed by atoms with Crippen molar-refractivity contribution in [3.63, 3.8) is 0 Å². The van der Waals surface area contributed by atoms with E-state index in [4.69, 9.17) is 9.84 Å². The van der Waals surface area contributed by atoms with Gasteiger partial charge in [-0.2, -0.15) is 0 Å². The molecular weight excluding hydrogens is 248 g/mol. The van der Waals surface area contributed by atoms with Crippen LogP contribution in [0.4, 0.5) is 4.79 Å². The van der Waals surface area contributed by atoms with Crippen LogP contribution >= 0.6 is 0 Å². The first-order valence-electron chi connectivity index (χ1n) is 6.60. The van der Waals surface area contributed by atoms with Gasteiger partial charge in [0, 0.05) is 19.6 Å². The van der Waals surface area contributed by atoms with E-state index in [2.05, 4.69) is 11.9 Å². The molecule has 2 unspecified atom stereocenters. The number of rotatable bonds is 7. The monoisotopic (exact) mass is 270 g/mol. The zero-order valence-electron chi connectivity index (χ0n) is 11.3. The first kappa shape index (κ1) is 15.5. The number of urea groups is 1. The van der Waals surface area contributed by atoms with Gasteiger partial charge in [0.15, 0.2) is 6.10 Å². The molecule has 1 rings (SSSR count). The summed E-state index contributed by atoms with van der Waals surface area (Å²) in [4.78, 5) is 24.3. The summed E-state index contributed by atoms with van der Waals surface area (Å²) >= 11 is 0. The number of carboxylic acids is 1. The molecule has 108 valence electrons. The molecule has 1 heterocycles. The fourth-order valence-electron chi connectivity index (χ4n) is 2.05. The zero-order valence-corrected chi connectivity index (χ0v) is 11.3. The molecule has 0 aromatic heterocycles. The van der Waals surface area contributed by atoms with Crippen LogP contribution in [0.5, 0.6) is 0 Å². The maximum Gasteiger partial charge on any atom is 0.332 e. The van der Waals surface area contributed by atoms with Crippen molar-refractivity contribution in [1.29, 1.82) is 0 Å². The smallest absolute Gasteiger partial charge is 0.332 e. The number of nitrogens with one attached hydrogen (secondary N) is 1. The first-order valence-corrected chi connectivity index (χ1v) is 6.60.